The Morgan fingerprint density at radius 3 is 2.39 bits per heavy atom. The van der Waals surface area contributed by atoms with E-state index in [1.54, 1.807) is 14.2 Å². The van der Waals surface area contributed by atoms with E-state index in [9.17, 15) is 4.79 Å². The van der Waals surface area contributed by atoms with Crippen LogP contribution in [0.2, 0.25) is 0 Å². The average molecular weight is 383 g/mol. The first-order valence-electron chi connectivity index (χ1n) is 9.85. The number of anilines is 2. The van der Waals surface area contributed by atoms with E-state index in [2.05, 4.69) is 27.3 Å². The highest BCUT2D eigenvalue weighted by Gasteiger charge is 2.20. The Morgan fingerprint density at radius 2 is 1.82 bits per heavy atom. The number of carbonyl (C=O) groups is 1. The van der Waals surface area contributed by atoms with Crippen LogP contribution in [0.1, 0.15) is 37.8 Å². The quantitative estimate of drug-likeness (QED) is 0.782. The molecule has 150 valence electrons. The molecule has 6 nitrogen and oxygen atoms in total. The zero-order valence-corrected chi connectivity index (χ0v) is 17.1. The minimum atomic E-state index is 0.0343. The number of pyridine rings is 1. The van der Waals surface area contributed by atoms with Crippen molar-refractivity contribution in [2.24, 2.45) is 5.92 Å². The summed E-state index contributed by atoms with van der Waals surface area (Å²) in [7, 11) is 3.32. The number of amides is 1. The first-order chi connectivity index (χ1) is 13.6. The summed E-state index contributed by atoms with van der Waals surface area (Å²) in [5.41, 5.74) is 3.56. The number of hydrogen-bond acceptors (Lipinski definition) is 5. The highest BCUT2D eigenvalue weighted by atomic mass is 16.5. The molecule has 0 saturated heterocycles. The van der Waals surface area contributed by atoms with Gasteiger partial charge >= 0.3 is 0 Å². The van der Waals surface area contributed by atoms with Gasteiger partial charge in [0.1, 0.15) is 5.82 Å². The third-order valence-electron chi connectivity index (χ3n) is 5.44. The van der Waals surface area contributed by atoms with Crippen LogP contribution in [-0.2, 0) is 17.8 Å². The lowest BCUT2D eigenvalue weighted by atomic mass is 9.98. The van der Waals surface area contributed by atoms with Gasteiger partial charge in [-0.3, -0.25) is 4.79 Å². The fraction of sp³-hybridized carbons (Fsp3) is 0.455. The van der Waals surface area contributed by atoms with Gasteiger partial charge in [-0.15, -0.1) is 0 Å². The smallest absolute Gasteiger partial charge is 0.228 e. The molecule has 0 spiro atoms. The molecule has 1 N–H and O–H groups in total. The maximum Gasteiger partial charge on any atom is 0.228 e. The fourth-order valence-electron chi connectivity index (χ4n) is 3.64. The number of methoxy groups -OCH3 is 2. The van der Waals surface area contributed by atoms with Gasteiger partial charge in [-0.1, -0.05) is 13.8 Å². The first kappa shape index (κ1) is 20.0. The molecular weight excluding hydrogens is 354 g/mol. The molecule has 0 saturated carbocycles. The van der Waals surface area contributed by atoms with Crippen molar-refractivity contribution >= 4 is 17.4 Å². The first-order valence-corrected chi connectivity index (χ1v) is 9.85. The van der Waals surface area contributed by atoms with Crippen LogP contribution in [0.25, 0.3) is 0 Å². The lowest BCUT2D eigenvalue weighted by Crippen LogP contribution is -2.30. The number of aromatic nitrogens is 1. The summed E-state index contributed by atoms with van der Waals surface area (Å²) in [6.45, 7) is 5.76. The molecule has 0 bridgehead atoms. The van der Waals surface area contributed by atoms with Crippen LogP contribution in [0, 0.1) is 5.92 Å². The summed E-state index contributed by atoms with van der Waals surface area (Å²) < 4.78 is 10.8. The van der Waals surface area contributed by atoms with Crippen molar-refractivity contribution in [1.29, 1.82) is 0 Å². The number of nitrogens with one attached hydrogen (secondary N) is 1. The van der Waals surface area contributed by atoms with Crippen molar-refractivity contribution in [3.05, 3.63) is 41.6 Å². The number of rotatable bonds is 7. The topological polar surface area (TPSA) is 63.7 Å². The van der Waals surface area contributed by atoms with Gasteiger partial charge in [0.05, 0.1) is 26.1 Å². The molecule has 2 heterocycles. The van der Waals surface area contributed by atoms with Gasteiger partial charge in [0.25, 0.3) is 0 Å². The zero-order valence-electron chi connectivity index (χ0n) is 17.1. The van der Waals surface area contributed by atoms with Crippen LogP contribution >= 0.6 is 0 Å². The van der Waals surface area contributed by atoms with Gasteiger partial charge in [0.2, 0.25) is 5.91 Å². The van der Waals surface area contributed by atoms with E-state index in [-0.39, 0.29) is 11.8 Å². The molecule has 1 aromatic heterocycles. The van der Waals surface area contributed by atoms with E-state index in [0.717, 1.165) is 49.5 Å². The highest BCUT2D eigenvalue weighted by molar-refractivity contribution is 5.91. The van der Waals surface area contributed by atoms with Crippen LogP contribution in [0.5, 0.6) is 11.5 Å². The summed E-state index contributed by atoms with van der Waals surface area (Å²) in [6.07, 6.45) is 4.43. The van der Waals surface area contributed by atoms with Crippen molar-refractivity contribution in [2.75, 3.05) is 31.0 Å². The number of ether oxygens (including phenoxy) is 2. The Labute approximate surface area is 166 Å². The van der Waals surface area contributed by atoms with E-state index >= 15 is 0 Å². The Morgan fingerprint density at radius 1 is 1.14 bits per heavy atom. The van der Waals surface area contributed by atoms with Crippen molar-refractivity contribution in [3.8, 4) is 11.5 Å². The number of hydrogen-bond donors (Lipinski definition) is 1. The van der Waals surface area contributed by atoms with Crippen LogP contribution in [0.4, 0.5) is 11.5 Å². The maximum absolute atomic E-state index is 12.2. The lowest BCUT2D eigenvalue weighted by molar-refractivity contribution is -0.120. The molecule has 0 radical (unpaired) electrons. The summed E-state index contributed by atoms with van der Waals surface area (Å²) in [5, 5.41) is 2.92. The zero-order chi connectivity index (χ0) is 20.1. The van der Waals surface area contributed by atoms with Gasteiger partial charge < -0.3 is 19.7 Å². The molecule has 0 atom stereocenters. The third kappa shape index (κ3) is 4.21. The molecule has 3 rings (SSSR count). The molecule has 2 aromatic rings. The van der Waals surface area contributed by atoms with Crippen molar-refractivity contribution in [2.45, 2.75) is 39.7 Å². The van der Waals surface area contributed by atoms with E-state index in [1.165, 1.54) is 11.1 Å². The Kier molecular flexibility index (Phi) is 6.39. The lowest BCUT2D eigenvalue weighted by Gasteiger charge is -2.31. The summed E-state index contributed by atoms with van der Waals surface area (Å²) >= 11 is 0. The van der Waals surface area contributed by atoms with Gasteiger partial charge in [0.15, 0.2) is 11.5 Å². The van der Waals surface area contributed by atoms with Crippen LogP contribution in [0.15, 0.2) is 30.5 Å². The van der Waals surface area contributed by atoms with Crippen LogP contribution < -0.4 is 19.7 Å². The Hall–Kier alpha value is -2.76. The van der Waals surface area contributed by atoms with Gasteiger partial charge in [-0.05, 0) is 54.7 Å². The van der Waals surface area contributed by atoms with Crippen LogP contribution in [-0.4, -0.2) is 31.7 Å². The van der Waals surface area contributed by atoms with E-state index in [0.29, 0.717) is 5.82 Å². The largest absolute Gasteiger partial charge is 0.493 e. The summed E-state index contributed by atoms with van der Waals surface area (Å²) in [4.78, 5) is 19.0. The summed E-state index contributed by atoms with van der Waals surface area (Å²) in [5.74, 6) is 2.20. The molecule has 1 aliphatic heterocycles. The second-order valence-electron chi connectivity index (χ2n) is 7.05. The maximum atomic E-state index is 12.2. The molecule has 6 heteroatoms. The summed E-state index contributed by atoms with van der Waals surface area (Å²) in [6, 6.07) is 8.01. The second kappa shape index (κ2) is 8.95. The SMILES string of the molecule is CCC(CC)C(=O)Nc1ccc(N2CCc3cc(OC)c(OC)cc3C2)cn1. The molecule has 1 amide bonds. The van der Waals surface area contributed by atoms with Gasteiger partial charge in [-0.2, -0.15) is 0 Å². The van der Waals surface area contributed by atoms with Crippen molar-refractivity contribution < 1.29 is 14.3 Å². The number of carbonyl (C=O) groups excluding carboxylic acids is 1. The number of nitrogens with zero attached hydrogens (tertiary/aromatic N) is 2. The second-order valence-corrected chi connectivity index (χ2v) is 7.05. The normalized spacial score (nSPS) is 13.2. The number of benzene rings is 1. The Bertz CT molecular complexity index is 817. The Balaban J connectivity index is 1.71. The molecule has 0 fully saturated rings. The van der Waals surface area contributed by atoms with Gasteiger partial charge in [0, 0.05) is 19.0 Å². The standard InChI is InChI=1S/C22H29N3O3/c1-5-15(6-2)22(26)24-21-8-7-18(13-23-21)25-10-9-16-11-19(27-3)20(28-4)12-17(16)14-25/h7-8,11-13,15H,5-6,9-10,14H2,1-4H3,(H,23,24,26). The predicted octanol–water partition coefficient (Wildman–Crippen LogP) is 4.04. The van der Waals surface area contributed by atoms with Crippen molar-refractivity contribution in [1.82, 2.24) is 4.98 Å². The number of fused-ring (bicyclic) bond motifs is 1. The third-order valence-corrected chi connectivity index (χ3v) is 5.44. The van der Waals surface area contributed by atoms with Crippen molar-refractivity contribution in [3.63, 3.8) is 0 Å². The van der Waals surface area contributed by atoms with E-state index < -0.39 is 0 Å². The van der Waals surface area contributed by atoms with E-state index in [1.807, 2.05) is 32.2 Å². The monoisotopic (exact) mass is 383 g/mol. The minimum absolute atomic E-state index is 0.0343. The van der Waals surface area contributed by atoms with Gasteiger partial charge in [-0.25, -0.2) is 4.98 Å². The minimum Gasteiger partial charge on any atom is -0.493 e. The molecular formula is C22H29N3O3. The molecule has 0 aliphatic carbocycles. The van der Waals surface area contributed by atoms with Crippen LogP contribution in [0.3, 0.4) is 0 Å². The molecule has 1 aromatic carbocycles. The predicted molar refractivity (Wildman–Crippen MR) is 111 cm³/mol. The van der Waals surface area contributed by atoms with E-state index in [4.69, 9.17) is 9.47 Å². The molecule has 1 aliphatic rings. The molecule has 28 heavy (non-hydrogen) atoms. The average Bonchev–Trinajstić information content (AvgIpc) is 2.73. The molecule has 0 unspecified atom stereocenters. The fourth-order valence-corrected chi connectivity index (χ4v) is 3.64. The highest BCUT2D eigenvalue weighted by Crippen LogP contribution is 2.34.